The summed E-state index contributed by atoms with van der Waals surface area (Å²) in [5.41, 5.74) is 1.41. The molecule has 1 aromatic heterocycles. The average Bonchev–Trinajstić information content (AvgIpc) is 2.36. The Kier molecular flexibility index (Phi) is 5.46. The molecular formula is C13H21N3O. The summed E-state index contributed by atoms with van der Waals surface area (Å²) in [6, 6.07) is 3.83. The van der Waals surface area contributed by atoms with Gasteiger partial charge in [-0.25, -0.2) is 0 Å². The Balaban J connectivity index is 2.66. The lowest BCUT2D eigenvalue weighted by molar-refractivity contribution is 0.0934. The van der Waals surface area contributed by atoms with Crippen LogP contribution in [0.3, 0.4) is 0 Å². The molecule has 1 amide bonds. The van der Waals surface area contributed by atoms with Crippen LogP contribution in [0.2, 0.25) is 0 Å². The zero-order valence-electron chi connectivity index (χ0n) is 10.8. The molecular weight excluding hydrogens is 214 g/mol. The first-order chi connectivity index (χ1) is 8.17. The molecule has 0 radical (unpaired) electrons. The first-order valence-corrected chi connectivity index (χ1v) is 6.18. The van der Waals surface area contributed by atoms with E-state index in [0.29, 0.717) is 5.69 Å². The third kappa shape index (κ3) is 4.43. The van der Waals surface area contributed by atoms with Gasteiger partial charge in [-0.1, -0.05) is 13.8 Å². The Bertz CT molecular complexity index is 365. The van der Waals surface area contributed by atoms with Crippen molar-refractivity contribution < 1.29 is 4.79 Å². The Labute approximate surface area is 103 Å². The number of carbonyl (C=O) groups excluding carboxylic acids is 1. The Morgan fingerprint density at radius 1 is 1.47 bits per heavy atom. The van der Waals surface area contributed by atoms with Gasteiger partial charge in [-0.05, 0) is 31.9 Å². The summed E-state index contributed by atoms with van der Waals surface area (Å²) < 4.78 is 0. The molecule has 0 fully saturated rings. The van der Waals surface area contributed by atoms with E-state index in [2.05, 4.69) is 22.5 Å². The number of carbonyl (C=O) groups is 1. The van der Waals surface area contributed by atoms with Gasteiger partial charge in [-0.15, -0.1) is 0 Å². The first kappa shape index (κ1) is 13.5. The van der Waals surface area contributed by atoms with Gasteiger partial charge in [-0.2, -0.15) is 0 Å². The van der Waals surface area contributed by atoms with Crippen LogP contribution in [0.1, 0.15) is 44.1 Å². The number of rotatable bonds is 6. The molecule has 0 aliphatic rings. The van der Waals surface area contributed by atoms with Gasteiger partial charge in [0, 0.05) is 24.5 Å². The SMILES string of the molecule is CCCNc1ccnc(C(=O)NC(C)CC)c1. The summed E-state index contributed by atoms with van der Waals surface area (Å²) in [6.07, 6.45) is 3.62. The lowest BCUT2D eigenvalue weighted by Gasteiger charge is -2.11. The maximum absolute atomic E-state index is 11.8. The molecule has 4 nitrogen and oxygen atoms in total. The van der Waals surface area contributed by atoms with E-state index in [9.17, 15) is 4.79 Å². The second kappa shape index (κ2) is 6.89. The summed E-state index contributed by atoms with van der Waals surface area (Å²) >= 11 is 0. The van der Waals surface area contributed by atoms with E-state index in [0.717, 1.165) is 25.1 Å². The standard InChI is InChI=1S/C13H21N3O/c1-4-7-14-11-6-8-15-12(9-11)13(17)16-10(3)5-2/h6,8-10H,4-5,7H2,1-3H3,(H,14,15)(H,16,17). The molecule has 17 heavy (non-hydrogen) atoms. The second-order valence-electron chi connectivity index (χ2n) is 4.14. The Hall–Kier alpha value is -1.58. The van der Waals surface area contributed by atoms with Crippen LogP contribution in [0.5, 0.6) is 0 Å². The van der Waals surface area contributed by atoms with Crippen LogP contribution in [0.4, 0.5) is 5.69 Å². The van der Waals surface area contributed by atoms with E-state index >= 15 is 0 Å². The van der Waals surface area contributed by atoms with Gasteiger partial charge in [-0.3, -0.25) is 9.78 Å². The lowest BCUT2D eigenvalue weighted by Crippen LogP contribution is -2.32. The lowest BCUT2D eigenvalue weighted by atomic mass is 10.2. The number of hydrogen-bond donors (Lipinski definition) is 2. The van der Waals surface area contributed by atoms with Gasteiger partial charge in [0.1, 0.15) is 5.69 Å². The fourth-order valence-electron chi connectivity index (χ4n) is 1.33. The predicted molar refractivity (Wildman–Crippen MR) is 70.2 cm³/mol. The third-order valence-corrected chi connectivity index (χ3v) is 2.56. The quantitative estimate of drug-likeness (QED) is 0.796. The van der Waals surface area contributed by atoms with Gasteiger partial charge < -0.3 is 10.6 Å². The van der Waals surface area contributed by atoms with Gasteiger partial charge in [0.05, 0.1) is 0 Å². The highest BCUT2D eigenvalue weighted by Crippen LogP contribution is 2.08. The van der Waals surface area contributed by atoms with Crippen LogP contribution in [-0.4, -0.2) is 23.5 Å². The zero-order valence-corrected chi connectivity index (χ0v) is 10.8. The molecule has 1 unspecified atom stereocenters. The van der Waals surface area contributed by atoms with Crippen molar-refractivity contribution in [3.8, 4) is 0 Å². The maximum Gasteiger partial charge on any atom is 0.270 e. The molecule has 4 heteroatoms. The topological polar surface area (TPSA) is 54.0 Å². The summed E-state index contributed by atoms with van der Waals surface area (Å²) in [4.78, 5) is 15.9. The van der Waals surface area contributed by atoms with Crippen LogP contribution in [0.25, 0.3) is 0 Å². The third-order valence-electron chi connectivity index (χ3n) is 2.56. The van der Waals surface area contributed by atoms with Gasteiger partial charge in [0.25, 0.3) is 5.91 Å². The minimum Gasteiger partial charge on any atom is -0.385 e. The summed E-state index contributed by atoms with van der Waals surface area (Å²) in [7, 11) is 0. The van der Waals surface area contributed by atoms with Gasteiger partial charge in [0.2, 0.25) is 0 Å². The van der Waals surface area contributed by atoms with E-state index in [1.807, 2.05) is 19.9 Å². The second-order valence-corrected chi connectivity index (χ2v) is 4.14. The molecule has 1 heterocycles. The van der Waals surface area contributed by atoms with Crippen LogP contribution in [0.15, 0.2) is 18.3 Å². The molecule has 1 rings (SSSR count). The number of pyridine rings is 1. The normalized spacial score (nSPS) is 11.9. The summed E-state index contributed by atoms with van der Waals surface area (Å²) in [6.45, 7) is 7.02. The molecule has 94 valence electrons. The van der Waals surface area contributed by atoms with E-state index in [1.165, 1.54) is 0 Å². The first-order valence-electron chi connectivity index (χ1n) is 6.18. The number of aromatic nitrogens is 1. The van der Waals surface area contributed by atoms with Crippen molar-refractivity contribution in [1.82, 2.24) is 10.3 Å². The van der Waals surface area contributed by atoms with E-state index in [-0.39, 0.29) is 11.9 Å². The Morgan fingerprint density at radius 3 is 2.88 bits per heavy atom. The van der Waals surface area contributed by atoms with Crippen molar-refractivity contribution in [1.29, 1.82) is 0 Å². The molecule has 0 aromatic carbocycles. The molecule has 0 spiro atoms. The highest BCUT2D eigenvalue weighted by atomic mass is 16.1. The van der Waals surface area contributed by atoms with E-state index < -0.39 is 0 Å². The van der Waals surface area contributed by atoms with Crippen LogP contribution < -0.4 is 10.6 Å². The minimum absolute atomic E-state index is 0.112. The number of nitrogens with one attached hydrogen (secondary N) is 2. The summed E-state index contributed by atoms with van der Waals surface area (Å²) in [5.74, 6) is -0.112. The van der Waals surface area contributed by atoms with E-state index in [4.69, 9.17) is 0 Å². The largest absolute Gasteiger partial charge is 0.385 e. The zero-order chi connectivity index (χ0) is 12.7. The predicted octanol–water partition coefficient (Wildman–Crippen LogP) is 2.43. The molecule has 1 aromatic rings. The fraction of sp³-hybridized carbons (Fsp3) is 0.538. The Morgan fingerprint density at radius 2 is 2.24 bits per heavy atom. The fourth-order valence-corrected chi connectivity index (χ4v) is 1.33. The van der Waals surface area contributed by atoms with Gasteiger partial charge in [0.15, 0.2) is 0 Å². The van der Waals surface area contributed by atoms with Crippen molar-refractivity contribution in [2.24, 2.45) is 0 Å². The number of hydrogen-bond acceptors (Lipinski definition) is 3. The number of anilines is 1. The molecule has 1 atom stereocenters. The van der Waals surface area contributed by atoms with Crippen molar-refractivity contribution in [2.75, 3.05) is 11.9 Å². The van der Waals surface area contributed by atoms with Crippen molar-refractivity contribution in [3.63, 3.8) is 0 Å². The number of nitrogens with zero attached hydrogens (tertiary/aromatic N) is 1. The van der Waals surface area contributed by atoms with Crippen LogP contribution >= 0.6 is 0 Å². The molecule has 0 aliphatic heterocycles. The van der Waals surface area contributed by atoms with Crippen molar-refractivity contribution in [2.45, 2.75) is 39.7 Å². The molecule has 0 saturated heterocycles. The smallest absolute Gasteiger partial charge is 0.270 e. The van der Waals surface area contributed by atoms with Crippen LogP contribution in [0, 0.1) is 0 Å². The molecule has 2 N–H and O–H groups in total. The number of amides is 1. The minimum atomic E-state index is -0.112. The van der Waals surface area contributed by atoms with Crippen molar-refractivity contribution >= 4 is 11.6 Å². The molecule has 0 saturated carbocycles. The highest BCUT2D eigenvalue weighted by molar-refractivity contribution is 5.93. The molecule has 0 bridgehead atoms. The van der Waals surface area contributed by atoms with Crippen LogP contribution in [-0.2, 0) is 0 Å². The van der Waals surface area contributed by atoms with Crippen molar-refractivity contribution in [3.05, 3.63) is 24.0 Å². The summed E-state index contributed by atoms with van der Waals surface area (Å²) in [5, 5.41) is 6.14. The highest BCUT2D eigenvalue weighted by Gasteiger charge is 2.09. The maximum atomic E-state index is 11.8. The monoisotopic (exact) mass is 235 g/mol. The van der Waals surface area contributed by atoms with Gasteiger partial charge >= 0.3 is 0 Å². The molecule has 0 aliphatic carbocycles. The van der Waals surface area contributed by atoms with E-state index in [1.54, 1.807) is 12.3 Å². The average molecular weight is 235 g/mol.